The minimum absolute atomic E-state index is 0.163. The maximum absolute atomic E-state index is 12.7. The van der Waals surface area contributed by atoms with Crippen LogP contribution in [-0.4, -0.2) is 39.2 Å². The lowest BCUT2D eigenvalue weighted by Crippen LogP contribution is -2.29. The molecule has 1 fully saturated rings. The summed E-state index contributed by atoms with van der Waals surface area (Å²) < 4.78 is 38.0. The summed E-state index contributed by atoms with van der Waals surface area (Å²) >= 11 is 0. The molecule has 3 rings (SSSR count). The molecular weight excluding hydrogens is 359 g/mol. The molecule has 6 nitrogen and oxygen atoms in total. The number of rotatable bonds is 5. The predicted molar refractivity (Wildman–Crippen MR) is 93.3 cm³/mol. The average molecular weight is 377 g/mol. The topological polar surface area (TPSA) is 71.0 Å². The number of nitrogens with one attached hydrogen (secondary N) is 1. The number of hydrogen-bond acceptors (Lipinski definition) is 6. The molecule has 0 bridgehead atoms. The van der Waals surface area contributed by atoms with Crippen LogP contribution in [0.3, 0.4) is 0 Å². The van der Waals surface area contributed by atoms with Crippen LogP contribution in [0.5, 0.6) is 0 Å². The van der Waals surface area contributed by atoms with Gasteiger partial charge in [-0.2, -0.15) is 13.2 Å². The Morgan fingerprint density at radius 1 is 1.11 bits per heavy atom. The Morgan fingerprint density at radius 2 is 1.85 bits per heavy atom. The smallest absolute Gasteiger partial charge is 0.377 e. The molecule has 2 aromatic heterocycles. The van der Waals surface area contributed by atoms with Crippen molar-refractivity contribution in [1.29, 1.82) is 0 Å². The molecule has 0 aromatic carbocycles. The number of aldehydes is 1. The standard InChI is InChI=1S/C18H18F3N5O/c19-18(20,21)14-2-3-15(24-12-14)25-17-16(22-6-7-23-17)13-4-9-26(10-5-13)8-1-11-27/h1-3,6-8,11-13H,4-5,9-10H2,(H,23,24,25). The predicted octanol–water partition coefficient (Wildman–Crippen LogP) is 3.53. The summed E-state index contributed by atoms with van der Waals surface area (Å²) in [5.41, 5.74) is -0.0404. The van der Waals surface area contributed by atoms with E-state index in [1.807, 2.05) is 0 Å². The molecule has 1 aliphatic heterocycles. The molecule has 2 aromatic rings. The number of allylic oxidation sites excluding steroid dienone is 1. The van der Waals surface area contributed by atoms with E-state index in [2.05, 4.69) is 25.2 Å². The van der Waals surface area contributed by atoms with E-state index in [0.717, 1.165) is 50.2 Å². The molecule has 9 heteroatoms. The van der Waals surface area contributed by atoms with Gasteiger partial charge in [0.25, 0.3) is 0 Å². The molecule has 27 heavy (non-hydrogen) atoms. The molecule has 1 N–H and O–H groups in total. The summed E-state index contributed by atoms with van der Waals surface area (Å²) in [5.74, 6) is 0.930. The molecule has 0 unspecified atom stereocenters. The number of carbonyl (C=O) groups excluding carboxylic acids is 1. The van der Waals surface area contributed by atoms with Crippen molar-refractivity contribution in [3.8, 4) is 0 Å². The summed E-state index contributed by atoms with van der Waals surface area (Å²) in [6.07, 6.45) is 5.13. The normalized spacial score (nSPS) is 15.9. The Morgan fingerprint density at radius 3 is 2.48 bits per heavy atom. The van der Waals surface area contributed by atoms with E-state index in [4.69, 9.17) is 0 Å². The molecule has 3 heterocycles. The van der Waals surface area contributed by atoms with Crippen molar-refractivity contribution in [3.05, 3.63) is 54.3 Å². The first-order valence-corrected chi connectivity index (χ1v) is 8.44. The number of anilines is 2. The van der Waals surface area contributed by atoms with Crippen molar-refractivity contribution in [3.63, 3.8) is 0 Å². The van der Waals surface area contributed by atoms with Crippen molar-refractivity contribution < 1.29 is 18.0 Å². The van der Waals surface area contributed by atoms with Crippen LogP contribution in [0, 0.1) is 0 Å². The molecule has 0 saturated carbocycles. The lowest BCUT2D eigenvalue weighted by atomic mass is 9.93. The Hall–Kier alpha value is -2.97. The van der Waals surface area contributed by atoms with E-state index in [9.17, 15) is 18.0 Å². The highest BCUT2D eigenvalue weighted by Gasteiger charge is 2.30. The number of hydrogen-bond donors (Lipinski definition) is 1. The van der Waals surface area contributed by atoms with E-state index in [1.54, 1.807) is 12.4 Å². The highest BCUT2D eigenvalue weighted by atomic mass is 19.4. The van der Waals surface area contributed by atoms with Crippen LogP contribution in [0.4, 0.5) is 24.8 Å². The minimum Gasteiger partial charge on any atom is -0.377 e. The lowest BCUT2D eigenvalue weighted by Gasteiger charge is -2.31. The summed E-state index contributed by atoms with van der Waals surface area (Å²) in [5, 5.41) is 2.97. The van der Waals surface area contributed by atoms with Gasteiger partial charge in [-0.25, -0.2) is 9.97 Å². The Balaban J connectivity index is 1.71. The second-order valence-electron chi connectivity index (χ2n) is 6.13. The highest BCUT2D eigenvalue weighted by Crippen LogP contribution is 2.32. The molecule has 0 radical (unpaired) electrons. The zero-order chi connectivity index (χ0) is 19.3. The Labute approximate surface area is 154 Å². The van der Waals surface area contributed by atoms with Gasteiger partial charge in [0, 0.05) is 43.8 Å². The molecule has 0 amide bonds. The fourth-order valence-electron chi connectivity index (χ4n) is 2.98. The SMILES string of the molecule is O=CC=CN1CCC(c2nccnc2Nc2ccc(C(F)(F)F)cn2)CC1. The van der Waals surface area contributed by atoms with Crippen LogP contribution in [0.1, 0.15) is 30.0 Å². The molecule has 142 valence electrons. The average Bonchev–Trinajstić information content (AvgIpc) is 2.67. The number of nitrogens with zero attached hydrogens (tertiary/aromatic N) is 4. The van der Waals surface area contributed by atoms with Crippen LogP contribution in [0.25, 0.3) is 0 Å². The van der Waals surface area contributed by atoms with Crippen molar-refractivity contribution in [2.24, 2.45) is 0 Å². The number of carbonyl (C=O) groups is 1. The summed E-state index contributed by atoms with van der Waals surface area (Å²) in [4.78, 5) is 25.0. The van der Waals surface area contributed by atoms with E-state index in [-0.39, 0.29) is 11.7 Å². The van der Waals surface area contributed by atoms with Crippen molar-refractivity contribution >= 4 is 17.9 Å². The highest BCUT2D eigenvalue weighted by molar-refractivity contribution is 5.64. The van der Waals surface area contributed by atoms with Gasteiger partial charge in [-0.05, 0) is 31.1 Å². The number of alkyl halides is 3. The van der Waals surface area contributed by atoms with Crippen LogP contribution < -0.4 is 5.32 Å². The number of likely N-dealkylation sites (tertiary alicyclic amines) is 1. The second kappa shape index (κ2) is 8.15. The van der Waals surface area contributed by atoms with Crippen LogP contribution in [0.2, 0.25) is 0 Å². The van der Waals surface area contributed by atoms with Gasteiger partial charge in [-0.15, -0.1) is 0 Å². The molecule has 1 saturated heterocycles. The fraction of sp³-hybridized carbons (Fsp3) is 0.333. The van der Waals surface area contributed by atoms with E-state index >= 15 is 0 Å². The number of pyridine rings is 1. The van der Waals surface area contributed by atoms with Gasteiger partial charge in [-0.3, -0.25) is 9.78 Å². The Kier molecular flexibility index (Phi) is 5.68. The monoisotopic (exact) mass is 377 g/mol. The third-order valence-corrected chi connectivity index (χ3v) is 4.36. The van der Waals surface area contributed by atoms with Gasteiger partial charge < -0.3 is 10.2 Å². The maximum Gasteiger partial charge on any atom is 0.417 e. The second-order valence-corrected chi connectivity index (χ2v) is 6.13. The number of halogens is 3. The minimum atomic E-state index is -4.42. The van der Waals surface area contributed by atoms with Crippen LogP contribution >= 0.6 is 0 Å². The largest absolute Gasteiger partial charge is 0.417 e. The van der Waals surface area contributed by atoms with Gasteiger partial charge in [0.2, 0.25) is 0 Å². The quantitative estimate of drug-likeness (QED) is 0.635. The maximum atomic E-state index is 12.7. The van der Waals surface area contributed by atoms with Gasteiger partial charge in [-0.1, -0.05) is 0 Å². The zero-order valence-corrected chi connectivity index (χ0v) is 14.4. The van der Waals surface area contributed by atoms with Crippen molar-refractivity contribution in [2.45, 2.75) is 24.9 Å². The van der Waals surface area contributed by atoms with E-state index in [0.29, 0.717) is 5.82 Å². The summed E-state index contributed by atoms with van der Waals surface area (Å²) in [6.45, 7) is 1.56. The first-order chi connectivity index (χ1) is 13.0. The van der Waals surface area contributed by atoms with Gasteiger partial charge in [0.15, 0.2) is 5.82 Å². The number of piperidine rings is 1. The molecule has 1 aliphatic rings. The van der Waals surface area contributed by atoms with Gasteiger partial charge >= 0.3 is 6.18 Å². The molecule has 0 atom stereocenters. The first-order valence-electron chi connectivity index (χ1n) is 8.44. The van der Waals surface area contributed by atoms with Crippen molar-refractivity contribution in [2.75, 3.05) is 18.4 Å². The van der Waals surface area contributed by atoms with E-state index in [1.165, 1.54) is 18.3 Å². The van der Waals surface area contributed by atoms with Gasteiger partial charge in [0.05, 0.1) is 11.3 Å². The Bertz CT molecular complexity index is 799. The van der Waals surface area contributed by atoms with Crippen molar-refractivity contribution in [1.82, 2.24) is 19.9 Å². The zero-order valence-electron chi connectivity index (χ0n) is 14.4. The molecular formula is C18H18F3N5O. The van der Waals surface area contributed by atoms with Crippen LogP contribution in [0.15, 0.2) is 43.0 Å². The molecule has 0 aliphatic carbocycles. The first kappa shape index (κ1) is 18.8. The van der Waals surface area contributed by atoms with Crippen LogP contribution in [-0.2, 0) is 11.0 Å². The van der Waals surface area contributed by atoms with E-state index < -0.39 is 11.7 Å². The number of aromatic nitrogens is 3. The van der Waals surface area contributed by atoms with Gasteiger partial charge in [0.1, 0.15) is 12.1 Å². The third-order valence-electron chi connectivity index (χ3n) is 4.36. The molecule has 0 spiro atoms. The summed E-state index contributed by atoms with van der Waals surface area (Å²) in [6, 6.07) is 2.25. The third kappa shape index (κ3) is 4.81. The lowest BCUT2D eigenvalue weighted by molar-refractivity contribution is -0.137. The fourth-order valence-corrected chi connectivity index (χ4v) is 2.98. The summed E-state index contributed by atoms with van der Waals surface area (Å²) in [7, 11) is 0.